The first-order valence-corrected chi connectivity index (χ1v) is 7.98. The van der Waals surface area contributed by atoms with Crippen LogP contribution in [0.4, 0.5) is 4.39 Å². The largest absolute Gasteiger partial charge is 0.307 e. The quantitative estimate of drug-likeness (QED) is 0.732. The lowest BCUT2D eigenvalue weighted by molar-refractivity contribution is 0.524. The highest BCUT2D eigenvalue weighted by Crippen LogP contribution is 2.32. The Balaban J connectivity index is 2.31. The van der Waals surface area contributed by atoms with Gasteiger partial charge in [-0.25, -0.2) is 4.39 Å². The van der Waals surface area contributed by atoms with E-state index in [1.807, 2.05) is 12.1 Å². The fraction of sp³-hybridized carbons (Fsp3) is 0.529. The van der Waals surface area contributed by atoms with E-state index in [2.05, 4.69) is 18.3 Å². The number of benzene rings is 1. The van der Waals surface area contributed by atoms with Crippen molar-refractivity contribution in [1.29, 1.82) is 0 Å². The van der Waals surface area contributed by atoms with Gasteiger partial charge in [0.15, 0.2) is 0 Å². The van der Waals surface area contributed by atoms with Crippen LogP contribution in [0.1, 0.15) is 57.1 Å². The molecule has 0 heterocycles. The number of likely N-dealkylation sites (N-methyl/N-ethyl adjacent to an activating group) is 1. The summed E-state index contributed by atoms with van der Waals surface area (Å²) in [5.41, 5.74) is 1.99. The Morgan fingerprint density at radius 2 is 2.05 bits per heavy atom. The first-order chi connectivity index (χ1) is 9.74. The van der Waals surface area contributed by atoms with Gasteiger partial charge < -0.3 is 5.32 Å². The molecule has 0 radical (unpaired) electrons. The molecular formula is C17H23ClFN. The number of hydrogen-bond acceptors (Lipinski definition) is 1. The van der Waals surface area contributed by atoms with E-state index in [4.69, 9.17) is 11.6 Å². The molecule has 110 valence electrons. The molecule has 1 aromatic carbocycles. The molecule has 1 atom stereocenters. The standard InChI is InChI=1S/C17H23ClFN/c1-2-20-17(13-9-6-4-3-5-7-10-13)14-11-8-12-15(18)16(14)19/h8-9,11-12,17,20H,2-7,10H2,1H3/b13-9+. The van der Waals surface area contributed by atoms with Crippen LogP contribution >= 0.6 is 11.6 Å². The summed E-state index contributed by atoms with van der Waals surface area (Å²) in [4.78, 5) is 0. The third kappa shape index (κ3) is 3.83. The summed E-state index contributed by atoms with van der Waals surface area (Å²) in [7, 11) is 0. The van der Waals surface area contributed by atoms with Crippen molar-refractivity contribution in [3.05, 3.63) is 46.3 Å². The lowest BCUT2D eigenvalue weighted by atomic mass is 9.90. The molecule has 0 spiro atoms. The van der Waals surface area contributed by atoms with Crippen LogP contribution in [0.2, 0.25) is 5.02 Å². The van der Waals surface area contributed by atoms with E-state index in [-0.39, 0.29) is 16.9 Å². The van der Waals surface area contributed by atoms with Crippen molar-refractivity contribution in [2.45, 2.75) is 51.5 Å². The van der Waals surface area contributed by atoms with Crippen LogP contribution < -0.4 is 5.32 Å². The van der Waals surface area contributed by atoms with E-state index >= 15 is 0 Å². The Hall–Kier alpha value is -0.860. The maximum atomic E-state index is 14.3. The molecule has 0 saturated heterocycles. The van der Waals surface area contributed by atoms with E-state index in [0.29, 0.717) is 5.56 Å². The van der Waals surface area contributed by atoms with Gasteiger partial charge in [0.2, 0.25) is 0 Å². The van der Waals surface area contributed by atoms with Crippen LogP contribution in [0.3, 0.4) is 0 Å². The topological polar surface area (TPSA) is 12.0 Å². The fourth-order valence-electron chi connectivity index (χ4n) is 2.87. The van der Waals surface area contributed by atoms with E-state index in [1.165, 1.54) is 31.3 Å². The Labute approximate surface area is 126 Å². The molecule has 2 rings (SSSR count). The van der Waals surface area contributed by atoms with Crippen LogP contribution in [0.5, 0.6) is 0 Å². The fourth-order valence-corrected chi connectivity index (χ4v) is 3.05. The average Bonchev–Trinajstić information content (AvgIpc) is 2.40. The van der Waals surface area contributed by atoms with Gasteiger partial charge >= 0.3 is 0 Å². The van der Waals surface area contributed by atoms with E-state index in [0.717, 1.165) is 19.4 Å². The zero-order chi connectivity index (χ0) is 14.4. The van der Waals surface area contributed by atoms with Gasteiger partial charge in [-0.05, 0) is 38.3 Å². The normalized spacial score (nSPS) is 20.6. The highest BCUT2D eigenvalue weighted by Gasteiger charge is 2.20. The lowest BCUT2D eigenvalue weighted by Gasteiger charge is -2.24. The van der Waals surface area contributed by atoms with Crippen molar-refractivity contribution in [3.63, 3.8) is 0 Å². The zero-order valence-corrected chi connectivity index (χ0v) is 12.8. The minimum absolute atomic E-state index is 0.0446. The Morgan fingerprint density at radius 3 is 2.85 bits per heavy atom. The summed E-state index contributed by atoms with van der Waals surface area (Å²) in [6.45, 7) is 2.87. The Bertz CT molecular complexity index is 470. The van der Waals surface area contributed by atoms with Crippen LogP contribution in [-0.2, 0) is 0 Å². The minimum atomic E-state index is -0.289. The number of hydrogen-bond donors (Lipinski definition) is 1. The van der Waals surface area contributed by atoms with Crippen molar-refractivity contribution < 1.29 is 4.39 Å². The van der Waals surface area contributed by atoms with Crippen molar-refractivity contribution in [2.75, 3.05) is 6.54 Å². The molecule has 20 heavy (non-hydrogen) atoms. The van der Waals surface area contributed by atoms with Crippen molar-refractivity contribution in [1.82, 2.24) is 5.32 Å². The molecule has 0 fully saturated rings. The van der Waals surface area contributed by atoms with Crippen molar-refractivity contribution in [2.24, 2.45) is 0 Å². The molecule has 0 bridgehead atoms. The smallest absolute Gasteiger partial charge is 0.146 e. The average molecular weight is 296 g/mol. The van der Waals surface area contributed by atoms with Gasteiger partial charge in [0.25, 0.3) is 0 Å². The first kappa shape index (κ1) is 15.5. The van der Waals surface area contributed by atoms with Gasteiger partial charge in [0.1, 0.15) is 5.82 Å². The third-order valence-corrected chi connectivity index (χ3v) is 4.19. The van der Waals surface area contributed by atoms with Gasteiger partial charge in [0, 0.05) is 5.56 Å². The summed E-state index contributed by atoms with van der Waals surface area (Å²) >= 11 is 5.93. The highest BCUT2D eigenvalue weighted by molar-refractivity contribution is 6.30. The maximum Gasteiger partial charge on any atom is 0.146 e. The molecule has 0 aromatic heterocycles. The van der Waals surface area contributed by atoms with Crippen LogP contribution in [0.25, 0.3) is 0 Å². The molecule has 0 amide bonds. The predicted molar refractivity (Wildman–Crippen MR) is 83.6 cm³/mol. The number of rotatable bonds is 4. The van der Waals surface area contributed by atoms with E-state index < -0.39 is 0 Å². The van der Waals surface area contributed by atoms with Crippen LogP contribution in [0, 0.1) is 5.82 Å². The number of nitrogens with one attached hydrogen (secondary N) is 1. The third-order valence-electron chi connectivity index (χ3n) is 3.90. The molecule has 1 aliphatic rings. The molecular weight excluding hydrogens is 273 g/mol. The molecule has 0 aliphatic heterocycles. The Kier molecular flexibility index (Phi) is 6.06. The minimum Gasteiger partial charge on any atom is -0.307 e. The SMILES string of the molecule is CCNC(/C1=C/CCCCCC1)c1cccc(Cl)c1F. The second kappa shape index (κ2) is 7.80. The van der Waals surface area contributed by atoms with Crippen LogP contribution in [0.15, 0.2) is 29.8 Å². The molecule has 1 N–H and O–H groups in total. The van der Waals surface area contributed by atoms with Crippen LogP contribution in [-0.4, -0.2) is 6.54 Å². The van der Waals surface area contributed by atoms with Gasteiger partial charge in [-0.3, -0.25) is 0 Å². The lowest BCUT2D eigenvalue weighted by Crippen LogP contribution is -2.24. The second-order valence-electron chi connectivity index (χ2n) is 5.37. The number of halogens is 2. The van der Waals surface area contributed by atoms with Gasteiger partial charge in [-0.2, -0.15) is 0 Å². The highest BCUT2D eigenvalue weighted by atomic mass is 35.5. The predicted octanol–water partition coefficient (Wildman–Crippen LogP) is 5.41. The number of allylic oxidation sites excluding steroid dienone is 1. The van der Waals surface area contributed by atoms with Crippen molar-refractivity contribution in [3.8, 4) is 0 Å². The monoisotopic (exact) mass is 295 g/mol. The van der Waals surface area contributed by atoms with Gasteiger partial charge in [0.05, 0.1) is 11.1 Å². The van der Waals surface area contributed by atoms with E-state index in [1.54, 1.807) is 6.07 Å². The molecule has 1 aliphatic carbocycles. The summed E-state index contributed by atoms with van der Waals surface area (Å²) in [6.07, 6.45) is 9.45. The molecule has 1 unspecified atom stereocenters. The zero-order valence-electron chi connectivity index (χ0n) is 12.1. The summed E-state index contributed by atoms with van der Waals surface area (Å²) in [5.74, 6) is -0.289. The molecule has 0 saturated carbocycles. The maximum absolute atomic E-state index is 14.3. The molecule has 1 nitrogen and oxygen atoms in total. The summed E-state index contributed by atoms with van der Waals surface area (Å²) in [5, 5.41) is 3.62. The molecule has 1 aromatic rings. The first-order valence-electron chi connectivity index (χ1n) is 7.60. The van der Waals surface area contributed by atoms with Gasteiger partial charge in [-0.1, -0.05) is 55.1 Å². The summed E-state index contributed by atoms with van der Waals surface area (Å²) < 4.78 is 14.3. The van der Waals surface area contributed by atoms with Crippen molar-refractivity contribution >= 4 is 11.6 Å². The van der Waals surface area contributed by atoms with Gasteiger partial charge in [-0.15, -0.1) is 0 Å². The summed E-state index contributed by atoms with van der Waals surface area (Å²) in [6, 6.07) is 5.23. The molecule has 3 heteroatoms. The second-order valence-corrected chi connectivity index (χ2v) is 5.77. The van der Waals surface area contributed by atoms with E-state index in [9.17, 15) is 4.39 Å². The Morgan fingerprint density at radius 1 is 1.25 bits per heavy atom.